The van der Waals surface area contributed by atoms with Gasteiger partial charge < -0.3 is 10.3 Å². The van der Waals surface area contributed by atoms with E-state index in [1.165, 1.54) is 22.9 Å². The van der Waals surface area contributed by atoms with Crippen molar-refractivity contribution in [3.8, 4) is 11.3 Å². The first-order chi connectivity index (χ1) is 13.3. The highest BCUT2D eigenvalue weighted by atomic mass is 15.0. The van der Waals surface area contributed by atoms with E-state index in [9.17, 15) is 0 Å². The first-order valence-electron chi connectivity index (χ1n) is 9.54. The van der Waals surface area contributed by atoms with Crippen LogP contribution >= 0.6 is 0 Å². The van der Waals surface area contributed by atoms with Crippen molar-refractivity contribution in [2.45, 2.75) is 32.2 Å². The first-order valence-corrected chi connectivity index (χ1v) is 9.54. The minimum Gasteiger partial charge on any atom is -0.363 e. The van der Waals surface area contributed by atoms with E-state index in [-0.39, 0.29) is 0 Å². The largest absolute Gasteiger partial charge is 0.363 e. The van der Waals surface area contributed by atoms with Crippen LogP contribution in [0.2, 0.25) is 0 Å². The molecule has 27 heavy (non-hydrogen) atoms. The van der Waals surface area contributed by atoms with Crippen molar-refractivity contribution in [1.82, 2.24) is 15.0 Å². The Bertz CT molecular complexity index is 1110. The Hall–Kier alpha value is -3.14. The second kappa shape index (κ2) is 6.54. The number of nitrogens with one attached hydrogen (secondary N) is 2. The molecule has 0 bridgehead atoms. The monoisotopic (exact) mass is 354 g/mol. The number of rotatable bonds is 3. The Morgan fingerprint density at radius 2 is 1.96 bits per heavy atom. The average Bonchev–Trinajstić information content (AvgIpc) is 3.17. The number of hydrogen-bond acceptors (Lipinski definition) is 3. The number of aromatic nitrogens is 3. The quantitative estimate of drug-likeness (QED) is 0.516. The molecule has 1 aliphatic carbocycles. The zero-order valence-electron chi connectivity index (χ0n) is 15.4. The molecule has 0 radical (unpaired) electrons. The molecule has 4 aromatic rings. The third kappa shape index (κ3) is 2.97. The fraction of sp³-hybridized carbons (Fsp3) is 0.217. The third-order valence-electron chi connectivity index (χ3n) is 5.40. The van der Waals surface area contributed by atoms with Crippen LogP contribution in [0.3, 0.4) is 0 Å². The van der Waals surface area contributed by atoms with Gasteiger partial charge >= 0.3 is 0 Å². The van der Waals surface area contributed by atoms with Crippen LogP contribution in [0.1, 0.15) is 35.8 Å². The van der Waals surface area contributed by atoms with Crippen LogP contribution in [0.15, 0.2) is 60.8 Å². The number of benzene rings is 2. The van der Waals surface area contributed by atoms with E-state index in [4.69, 9.17) is 4.98 Å². The van der Waals surface area contributed by atoms with Crippen LogP contribution in [0.25, 0.3) is 22.2 Å². The molecular weight excluding hydrogens is 332 g/mol. The van der Waals surface area contributed by atoms with E-state index in [0.717, 1.165) is 41.3 Å². The minimum atomic E-state index is 0.306. The van der Waals surface area contributed by atoms with Crippen LogP contribution in [0.5, 0.6) is 0 Å². The van der Waals surface area contributed by atoms with Gasteiger partial charge in [0.05, 0.1) is 11.7 Å². The molecule has 0 aliphatic heterocycles. The lowest BCUT2D eigenvalue weighted by molar-refractivity contribution is 0.598. The van der Waals surface area contributed by atoms with E-state index in [0.29, 0.717) is 6.04 Å². The summed E-state index contributed by atoms with van der Waals surface area (Å²) >= 11 is 0. The maximum absolute atomic E-state index is 4.71. The average molecular weight is 354 g/mol. The molecular formula is C23H22N4. The van der Waals surface area contributed by atoms with Gasteiger partial charge in [-0.1, -0.05) is 36.4 Å². The molecule has 0 saturated carbocycles. The predicted octanol–water partition coefficient (Wildman–Crippen LogP) is 5.42. The van der Waals surface area contributed by atoms with Crippen molar-refractivity contribution in [2.24, 2.45) is 0 Å². The lowest BCUT2D eigenvalue weighted by Gasteiger charge is -2.27. The number of H-pyrrole nitrogens is 1. The predicted molar refractivity (Wildman–Crippen MR) is 110 cm³/mol. The Morgan fingerprint density at radius 1 is 1.04 bits per heavy atom. The molecule has 1 atom stereocenters. The van der Waals surface area contributed by atoms with E-state index in [1.54, 1.807) is 0 Å². The summed E-state index contributed by atoms with van der Waals surface area (Å²) < 4.78 is 0. The lowest BCUT2D eigenvalue weighted by atomic mass is 9.88. The third-order valence-corrected chi connectivity index (χ3v) is 5.40. The van der Waals surface area contributed by atoms with E-state index < -0.39 is 0 Å². The SMILES string of the molecule is Cc1nc(NC2CCCc3ccccc32)cc(-c2cccc3[nH]ccc23)n1. The summed E-state index contributed by atoms with van der Waals surface area (Å²) in [5.74, 6) is 1.68. The van der Waals surface area contributed by atoms with Crippen LogP contribution < -0.4 is 5.32 Å². The summed E-state index contributed by atoms with van der Waals surface area (Å²) in [5.41, 5.74) is 6.06. The van der Waals surface area contributed by atoms with Gasteiger partial charge in [0, 0.05) is 28.7 Å². The molecule has 1 unspecified atom stereocenters. The molecule has 0 spiro atoms. The van der Waals surface area contributed by atoms with Gasteiger partial charge in [0.25, 0.3) is 0 Å². The molecule has 0 fully saturated rings. The summed E-state index contributed by atoms with van der Waals surface area (Å²) in [7, 11) is 0. The zero-order chi connectivity index (χ0) is 18.2. The molecule has 0 saturated heterocycles. The summed E-state index contributed by atoms with van der Waals surface area (Å²) in [6.45, 7) is 1.96. The Kier molecular flexibility index (Phi) is 3.89. The highest BCUT2D eigenvalue weighted by molar-refractivity contribution is 5.94. The summed E-state index contributed by atoms with van der Waals surface area (Å²) in [6, 6.07) is 19.5. The number of anilines is 1. The van der Waals surface area contributed by atoms with Gasteiger partial charge in [-0.25, -0.2) is 9.97 Å². The van der Waals surface area contributed by atoms with Crippen LogP contribution in [-0.2, 0) is 6.42 Å². The van der Waals surface area contributed by atoms with Gasteiger partial charge in [-0.3, -0.25) is 0 Å². The van der Waals surface area contributed by atoms with E-state index in [1.807, 2.05) is 13.1 Å². The molecule has 2 N–H and O–H groups in total. The van der Waals surface area contributed by atoms with Crippen LogP contribution in [-0.4, -0.2) is 15.0 Å². The van der Waals surface area contributed by atoms with Gasteiger partial charge in [0.15, 0.2) is 0 Å². The minimum absolute atomic E-state index is 0.306. The highest BCUT2D eigenvalue weighted by Gasteiger charge is 2.20. The van der Waals surface area contributed by atoms with Gasteiger partial charge in [-0.2, -0.15) is 0 Å². The molecule has 2 heterocycles. The van der Waals surface area contributed by atoms with Gasteiger partial charge in [0.1, 0.15) is 11.6 Å². The Labute approximate surface area is 158 Å². The molecule has 4 nitrogen and oxygen atoms in total. The summed E-state index contributed by atoms with van der Waals surface area (Å²) in [6.07, 6.45) is 5.47. The van der Waals surface area contributed by atoms with Crippen molar-refractivity contribution in [1.29, 1.82) is 0 Å². The van der Waals surface area contributed by atoms with Crippen molar-refractivity contribution >= 4 is 16.7 Å². The summed E-state index contributed by atoms with van der Waals surface area (Å²) in [5, 5.41) is 4.86. The van der Waals surface area contributed by atoms with Gasteiger partial charge in [0.2, 0.25) is 0 Å². The fourth-order valence-electron chi connectivity index (χ4n) is 4.17. The van der Waals surface area contributed by atoms with Crippen LogP contribution in [0, 0.1) is 6.92 Å². The number of aromatic amines is 1. The fourth-order valence-corrected chi connectivity index (χ4v) is 4.17. The van der Waals surface area contributed by atoms with Gasteiger partial charge in [-0.15, -0.1) is 0 Å². The molecule has 1 aliphatic rings. The molecule has 2 aromatic heterocycles. The molecule has 2 aromatic carbocycles. The molecule has 4 heteroatoms. The van der Waals surface area contributed by atoms with Crippen molar-refractivity contribution in [3.63, 3.8) is 0 Å². The normalized spacial score (nSPS) is 16.3. The second-order valence-corrected chi connectivity index (χ2v) is 7.22. The topological polar surface area (TPSA) is 53.6 Å². The molecule has 0 amide bonds. The van der Waals surface area contributed by atoms with E-state index in [2.05, 4.69) is 69.9 Å². The first kappa shape index (κ1) is 16.1. The number of fused-ring (bicyclic) bond motifs is 2. The Morgan fingerprint density at radius 3 is 2.93 bits per heavy atom. The smallest absolute Gasteiger partial charge is 0.130 e. The molecule has 5 rings (SSSR count). The lowest BCUT2D eigenvalue weighted by Crippen LogP contribution is -2.18. The van der Waals surface area contributed by atoms with Crippen LogP contribution in [0.4, 0.5) is 5.82 Å². The Balaban J connectivity index is 1.53. The molecule has 134 valence electrons. The van der Waals surface area contributed by atoms with Crippen molar-refractivity contribution in [2.75, 3.05) is 5.32 Å². The van der Waals surface area contributed by atoms with Crippen molar-refractivity contribution < 1.29 is 0 Å². The van der Waals surface area contributed by atoms with Gasteiger partial charge in [-0.05, 0) is 49.4 Å². The second-order valence-electron chi connectivity index (χ2n) is 7.22. The maximum atomic E-state index is 4.71. The number of nitrogens with zero attached hydrogens (tertiary/aromatic N) is 2. The van der Waals surface area contributed by atoms with E-state index >= 15 is 0 Å². The number of aryl methyl sites for hydroxylation is 2. The maximum Gasteiger partial charge on any atom is 0.130 e. The highest BCUT2D eigenvalue weighted by Crippen LogP contribution is 2.33. The zero-order valence-corrected chi connectivity index (χ0v) is 15.4. The summed E-state index contributed by atoms with van der Waals surface area (Å²) in [4.78, 5) is 12.6. The number of hydrogen-bond donors (Lipinski definition) is 2. The van der Waals surface area contributed by atoms with Crippen molar-refractivity contribution in [3.05, 3.63) is 77.7 Å². The standard InChI is InChI=1S/C23H22N4/c1-15-25-22(18-9-5-10-20-19(18)12-13-24-20)14-23(26-15)27-21-11-4-7-16-6-2-3-8-17(16)21/h2-3,5-6,8-10,12-14,21,24H,4,7,11H2,1H3,(H,25,26,27).